The van der Waals surface area contributed by atoms with Crippen LogP contribution in [0.25, 0.3) is 27.4 Å². The Bertz CT molecular complexity index is 1380. The van der Waals surface area contributed by atoms with Gasteiger partial charge in [-0.2, -0.15) is 0 Å². The molecule has 0 radical (unpaired) electrons. The molecule has 0 fully saturated rings. The van der Waals surface area contributed by atoms with E-state index in [0.717, 1.165) is 27.2 Å². The number of hydrogen-bond acceptors (Lipinski definition) is 7. The van der Waals surface area contributed by atoms with Crippen molar-refractivity contribution in [3.63, 3.8) is 0 Å². The number of hydrogen-bond donors (Lipinski definition) is 0. The third-order valence-electron chi connectivity index (χ3n) is 4.80. The summed E-state index contributed by atoms with van der Waals surface area (Å²) in [5.74, 6) is 2.73. The molecule has 0 N–H and O–H groups in total. The van der Waals surface area contributed by atoms with Gasteiger partial charge in [-0.3, -0.25) is 13.8 Å². The zero-order chi connectivity index (χ0) is 20.0. The molecule has 29 heavy (non-hydrogen) atoms. The lowest BCUT2D eigenvalue weighted by Gasteiger charge is -2.09. The molecule has 0 unspecified atom stereocenters. The van der Waals surface area contributed by atoms with Crippen molar-refractivity contribution in [3.8, 4) is 10.7 Å². The number of aromatic nitrogens is 7. The van der Waals surface area contributed by atoms with Gasteiger partial charge in [-0.25, -0.2) is 0 Å². The fourth-order valence-corrected chi connectivity index (χ4v) is 4.95. The Hall–Kier alpha value is -2.98. The van der Waals surface area contributed by atoms with Gasteiger partial charge < -0.3 is 4.57 Å². The van der Waals surface area contributed by atoms with E-state index in [4.69, 9.17) is 0 Å². The predicted octanol–water partition coefficient (Wildman–Crippen LogP) is 3.21. The Morgan fingerprint density at radius 3 is 2.72 bits per heavy atom. The minimum atomic E-state index is -0.0453. The van der Waals surface area contributed by atoms with Crippen LogP contribution in [0.2, 0.25) is 0 Å². The summed E-state index contributed by atoms with van der Waals surface area (Å²) in [6, 6.07) is 11.6. The van der Waals surface area contributed by atoms with Gasteiger partial charge in [0.15, 0.2) is 11.0 Å². The third kappa shape index (κ3) is 2.87. The second-order valence-corrected chi connectivity index (χ2v) is 8.34. The van der Waals surface area contributed by atoms with Crippen LogP contribution in [-0.2, 0) is 19.3 Å². The van der Waals surface area contributed by atoms with Gasteiger partial charge >= 0.3 is 0 Å². The molecular formula is C19H17N7OS2. The van der Waals surface area contributed by atoms with Gasteiger partial charge in [0.1, 0.15) is 5.82 Å². The molecule has 0 spiro atoms. The molecule has 0 saturated heterocycles. The van der Waals surface area contributed by atoms with Crippen LogP contribution >= 0.6 is 23.1 Å². The van der Waals surface area contributed by atoms with Gasteiger partial charge in [0, 0.05) is 13.6 Å². The van der Waals surface area contributed by atoms with Crippen LogP contribution < -0.4 is 5.56 Å². The lowest BCUT2D eigenvalue weighted by atomic mass is 10.2. The summed E-state index contributed by atoms with van der Waals surface area (Å²) >= 11 is 3.18. The fraction of sp³-hybridized carbons (Fsp3) is 0.211. The van der Waals surface area contributed by atoms with Gasteiger partial charge in [-0.15, -0.1) is 31.7 Å². The molecule has 1 aromatic carbocycles. The summed E-state index contributed by atoms with van der Waals surface area (Å²) in [6.45, 7) is 2.47. The van der Waals surface area contributed by atoms with Crippen LogP contribution in [-0.4, -0.2) is 33.9 Å². The maximum absolute atomic E-state index is 12.8. The predicted molar refractivity (Wildman–Crippen MR) is 114 cm³/mol. The molecule has 5 aromatic rings. The van der Waals surface area contributed by atoms with Gasteiger partial charge in [0.05, 0.1) is 21.5 Å². The summed E-state index contributed by atoms with van der Waals surface area (Å²) in [7, 11) is 1.96. The van der Waals surface area contributed by atoms with E-state index in [0.29, 0.717) is 23.5 Å². The summed E-state index contributed by atoms with van der Waals surface area (Å²) in [6.07, 6.45) is 0. The largest absolute Gasteiger partial charge is 0.304 e. The lowest BCUT2D eigenvalue weighted by Crippen LogP contribution is -2.22. The Morgan fingerprint density at radius 1 is 1.07 bits per heavy atom. The number of nitrogens with zero attached hydrogens (tertiary/aromatic N) is 7. The minimum Gasteiger partial charge on any atom is -0.304 e. The number of rotatable bonds is 5. The van der Waals surface area contributed by atoms with Crippen molar-refractivity contribution < 1.29 is 0 Å². The average molecular weight is 424 g/mol. The lowest BCUT2D eigenvalue weighted by molar-refractivity contribution is 0.735. The van der Waals surface area contributed by atoms with Crippen molar-refractivity contribution in [3.05, 3.63) is 58.0 Å². The smallest absolute Gasteiger partial charge is 0.262 e. The first-order chi connectivity index (χ1) is 14.2. The summed E-state index contributed by atoms with van der Waals surface area (Å²) in [5.41, 5.74) is 0.770. The normalized spacial score (nSPS) is 11.7. The van der Waals surface area contributed by atoms with E-state index in [1.807, 2.05) is 64.7 Å². The Morgan fingerprint density at radius 2 is 1.93 bits per heavy atom. The van der Waals surface area contributed by atoms with Crippen LogP contribution in [0, 0.1) is 0 Å². The first-order valence-corrected chi connectivity index (χ1v) is 11.0. The molecule has 0 aliphatic carbocycles. The van der Waals surface area contributed by atoms with Crippen LogP contribution in [0.4, 0.5) is 0 Å². The first-order valence-electron chi connectivity index (χ1n) is 9.10. The van der Waals surface area contributed by atoms with Crippen LogP contribution in [0.5, 0.6) is 0 Å². The van der Waals surface area contributed by atoms with Crippen molar-refractivity contribution in [1.82, 2.24) is 33.9 Å². The molecule has 4 aromatic heterocycles. The van der Waals surface area contributed by atoms with Crippen molar-refractivity contribution in [2.75, 3.05) is 0 Å². The van der Waals surface area contributed by atoms with E-state index in [2.05, 4.69) is 20.4 Å². The van der Waals surface area contributed by atoms with E-state index >= 15 is 0 Å². The molecule has 146 valence electrons. The standard InChI is InChI=1S/C19H17N7OS2/c1-3-25-17(27)12-7-4-5-8-13(12)26-15(20-22-18(25)26)11-29-19-23-21-16(24(19)2)14-9-6-10-28-14/h4-10H,3,11H2,1-2H3. The minimum absolute atomic E-state index is 0.0453. The Balaban J connectivity index is 1.56. The zero-order valence-electron chi connectivity index (χ0n) is 15.8. The van der Waals surface area contributed by atoms with E-state index < -0.39 is 0 Å². The summed E-state index contributed by atoms with van der Waals surface area (Å²) in [4.78, 5) is 13.9. The number of fused-ring (bicyclic) bond motifs is 3. The maximum Gasteiger partial charge on any atom is 0.262 e. The molecule has 5 rings (SSSR count). The van der Waals surface area contributed by atoms with E-state index in [1.54, 1.807) is 27.7 Å². The summed E-state index contributed by atoms with van der Waals surface area (Å²) < 4.78 is 5.60. The number of benzene rings is 1. The Labute approximate surface area is 173 Å². The number of thioether (sulfide) groups is 1. The maximum atomic E-state index is 12.8. The molecule has 0 bridgehead atoms. The van der Waals surface area contributed by atoms with Crippen molar-refractivity contribution >= 4 is 39.8 Å². The second-order valence-electron chi connectivity index (χ2n) is 6.45. The SMILES string of the molecule is CCn1c(=O)c2ccccc2n2c(CSc3nnc(-c4cccs4)n3C)nnc12. The van der Waals surface area contributed by atoms with Gasteiger partial charge in [0.2, 0.25) is 5.78 Å². The van der Waals surface area contributed by atoms with Crippen molar-refractivity contribution in [2.24, 2.45) is 7.05 Å². The van der Waals surface area contributed by atoms with Gasteiger partial charge in [0.25, 0.3) is 5.56 Å². The van der Waals surface area contributed by atoms with Gasteiger partial charge in [-0.05, 0) is 30.5 Å². The molecule has 0 atom stereocenters. The highest BCUT2D eigenvalue weighted by Gasteiger charge is 2.17. The topological polar surface area (TPSA) is 82.9 Å². The van der Waals surface area contributed by atoms with Crippen molar-refractivity contribution in [2.45, 2.75) is 24.4 Å². The monoisotopic (exact) mass is 423 g/mol. The first kappa shape index (κ1) is 18.1. The molecule has 0 aliphatic heterocycles. The highest BCUT2D eigenvalue weighted by Crippen LogP contribution is 2.28. The number of thiophene rings is 1. The molecular weight excluding hydrogens is 406 g/mol. The zero-order valence-corrected chi connectivity index (χ0v) is 17.4. The molecule has 4 heterocycles. The van der Waals surface area contributed by atoms with E-state index in [9.17, 15) is 4.79 Å². The fourth-order valence-electron chi connectivity index (χ4n) is 3.38. The Kier molecular flexibility index (Phi) is 4.44. The molecule has 0 aliphatic rings. The van der Waals surface area contributed by atoms with Crippen LogP contribution in [0.15, 0.2) is 51.7 Å². The summed E-state index contributed by atoms with van der Waals surface area (Å²) in [5, 5.41) is 20.8. The highest BCUT2D eigenvalue weighted by molar-refractivity contribution is 7.98. The number of aryl methyl sites for hydroxylation is 1. The quantitative estimate of drug-likeness (QED) is 0.404. The van der Waals surface area contributed by atoms with Crippen LogP contribution in [0.3, 0.4) is 0 Å². The second kappa shape index (κ2) is 7.12. The third-order valence-corrected chi connectivity index (χ3v) is 6.68. The number of para-hydroxylation sites is 1. The van der Waals surface area contributed by atoms with E-state index in [1.165, 1.54) is 0 Å². The molecule has 8 nitrogen and oxygen atoms in total. The van der Waals surface area contributed by atoms with E-state index in [-0.39, 0.29) is 5.56 Å². The van der Waals surface area contributed by atoms with Crippen LogP contribution in [0.1, 0.15) is 12.7 Å². The molecule has 0 saturated carbocycles. The van der Waals surface area contributed by atoms with Gasteiger partial charge in [-0.1, -0.05) is 30.0 Å². The average Bonchev–Trinajstić information content (AvgIpc) is 3.47. The highest BCUT2D eigenvalue weighted by atomic mass is 32.2. The molecule has 10 heteroatoms. The molecule has 0 amide bonds. The van der Waals surface area contributed by atoms with Crippen molar-refractivity contribution in [1.29, 1.82) is 0 Å².